The van der Waals surface area contributed by atoms with Crippen LogP contribution in [0, 0.1) is 17.0 Å². The zero-order chi connectivity index (χ0) is 24.9. The lowest BCUT2D eigenvalue weighted by Crippen LogP contribution is -2.48. The molecular formula is C23H34F2N6O2S. The number of nitrogens with two attached hydrogens (primary N) is 1. The Kier molecular flexibility index (Phi) is 8.80. The second kappa shape index (κ2) is 11.4. The van der Waals surface area contributed by atoms with Gasteiger partial charge in [0.2, 0.25) is 10.0 Å². The van der Waals surface area contributed by atoms with Gasteiger partial charge in [-0.15, -0.1) is 0 Å². The summed E-state index contributed by atoms with van der Waals surface area (Å²) < 4.78 is 55.9. The Labute approximate surface area is 200 Å². The molecule has 1 atom stereocenters. The monoisotopic (exact) mass is 496 g/mol. The molecule has 1 heterocycles. The number of piperazine rings is 1. The predicted molar refractivity (Wildman–Crippen MR) is 133 cm³/mol. The van der Waals surface area contributed by atoms with Gasteiger partial charge in [-0.3, -0.25) is 14.6 Å². The zero-order valence-corrected chi connectivity index (χ0v) is 20.5. The zero-order valence-electron chi connectivity index (χ0n) is 19.7. The first-order valence-electron chi connectivity index (χ1n) is 11.6. The number of halogens is 2. The first-order valence-corrected chi connectivity index (χ1v) is 13.2. The Morgan fingerprint density at radius 1 is 1.29 bits per heavy atom. The molecule has 0 aromatic heterocycles. The van der Waals surface area contributed by atoms with Gasteiger partial charge in [-0.1, -0.05) is 31.6 Å². The van der Waals surface area contributed by atoms with E-state index in [4.69, 9.17) is 11.3 Å². The van der Waals surface area contributed by atoms with Crippen LogP contribution in [0.1, 0.15) is 33.1 Å². The number of benzene rings is 1. The third-order valence-corrected chi connectivity index (χ3v) is 7.51. The van der Waals surface area contributed by atoms with Crippen molar-refractivity contribution in [3.63, 3.8) is 0 Å². The van der Waals surface area contributed by atoms with Crippen LogP contribution in [-0.2, 0) is 10.0 Å². The van der Waals surface area contributed by atoms with Crippen molar-refractivity contribution in [1.82, 2.24) is 10.2 Å². The van der Waals surface area contributed by atoms with Gasteiger partial charge < -0.3 is 10.7 Å². The number of hydrogen-bond donors (Lipinski definition) is 4. The van der Waals surface area contributed by atoms with Crippen LogP contribution in [0.5, 0.6) is 0 Å². The quantitative estimate of drug-likeness (QED) is 0.225. The Hall–Kier alpha value is -2.34. The van der Waals surface area contributed by atoms with Crippen LogP contribution in [0.2, 0.25) is 0 Å². The summed E-state index contributed by atoms with van der Waals surface area (Å²) in [5, 5.41) is 12.8. The second-order valence-corrected chi connectivity index (χ2v) is 10.4. The van der Waals surface area contributed by atoms with Gasteiger partial charge in [0, 0.05) is 32.2 Å². The molecule has 1 aromatic rings. The van der Waals surface area contributed by atoms with E-state index in [0.29, 0.717) is 12.8 Å². The summed E-state index contributed by atoms with van der Waals surface area (Å²) in [4.78, 5) is 2.37. The molecule has 1 fully saturated rings. The minimum Gasteiger partial charge on any atom is -0.314 e. The van der Waals surface area contributed by atoms with Crippen molar-refractivity contribution in [2.45, 2.75) is 39.2 Å². The molecule has 5 N–H and O–H groups in total. The summed E-state index contributed by atoms with van der Waals surface area (Å²) in [7, 11) is -3.77. The maximum absolute atomic E-state index is 15.1. The van der Waals surface area contributed by atoms with Gasteiger partial charge in [0.1, 0.15) is 5.69 Å². The second-order valence-electron chi connectivity index (χ2n) is 8.61. The van der Waals surface area contributed by atoms with E-state index in [0.717, 1.165) is 60.9 Å². The van der Waals surface area contributed by atoms with Crippen molar-refractivity contribution >= 4 is 27.1 Å². The summed E-state index contributed by atoms with van der Waals surface area (Å²) in [6.45, 7) is 7.17. The van der Waals surface area contributed by atoms with Gasteiger partial charge in [-0.25, -0.2) is 23.0 Å². The maximum atomic E-state index is 15.1. The van der Waals surface area contributed by atoms with Crippen LogP contribution in [-0.4, -0.2) is 63.5 Å². The highest BCUT2D eigenvalue weighted by atomic mass is 32.2. The van der Waals surface area contributed by atoms with E-state index in [1.807, 2.05) is 6.08 Å². The number of sulfonamides is 1. The number of hydrogen-bond acceptors (Lipinski definition) is 7. The number of allylic oxidation sites excluding steroid dienone is 2. The van der Waals surface area contributed by atoms with Crippen molar-refractivity contribution < 1.29 is 17.2 Å². The molecule has 0 radical (unpaired) electrons. The number of rotatable bonds is 10. The smallest absolute Gasteiger partial charge is 0.232 e. The van der Waals surface area contributed by atoms with Crippen LogP contribution >= 0.6 is 0 Å². The highest BCUT2D eigenvalue weighted by molar-refractivity contribution is 7.92. The van der Waals surface area contributed by atoms with Crippen LogP contribution in [0.3, 0.4) is 0 Å². The van der Waals surface area contributed by atoms with Crippen molar-refractivity contribution in [3.8, 4) is 0 Å². The van der Waals surface area contributed by atoms with Gasteiger partial charge in [0.25, 0.3) is 0 Å². The van der Waals surface area contributed by atoms with Crippen LogP contribution in [0.4, 0.5) is 20.2 Å². The van der Waals surface area contributed by atoms with Crippen LogP contribution in [0.25, 0.3) is 0 Å². The third-order valence-electron chi connectivity index (χ3n) is 6.03. The fourth-order valence-electron chi connectivity index (χ4n) is 4.26. The molecule has 188 valence electrons. The molecule has 1 aromatic carbocycles. The van der Waals surface area contributed by atoms with E-state index < -0.39 is 27.3 Å². The van der Waals surface area contributed by atoms with E-state index >= 15 is 4.39 Å². The van der Waals surface area contributed by atoms with Crippen molar-refractivity contribution in [2.75, 3.05) is 48.2 Å². The van der Waals surface area contributed by atoms with E-state index in [2.05, 4.69) is 27.9 Å². The standard InChI is InChI=1S/C23H34F2N6O2S/c1-3-11-34(32,33)29-21-6-5-19(24)23(22(21)25)31(27)15-20(26)17-12-16(4-2)13-18(14-17)30-9-7-28-8-10-30/h5-6,12-13,18,26,28-29H,3-4,7-11,14-15,27H2,1-2H3. The topological polar surface area (TPSA) is 115 Å². The third kappa shape index (κ3) is 6.41. The molecule has 2 aliphatic rings. The molecule has 1 aliphatic carbocycles. The maximum Gasteiger partial charge on any atom is 0.232 e. The molecule has 0 amide bonds. The molecule has 0 spiro atoms. The molecule has 0 saturated carbocycles. The molecule has 8 nitrogen and oxygen atoms in total. The summed E-state index contributed by atoms with van der Waals surface area (Å²) in [5.74, 6) is 3.78. The highest BCUT2D eigenvalue weighted by Crippen LogP contribution is 2.30. The average molecular weight is 497 g/mol. The SMILES string of the molecule is CCCS(=O)(=O)Nc1ccc(F)c(N(N)CC(=N)C2=CC(CC)=CC(N3CCNCC3)C2)c1F. The first-order chi connectivity index (χ1) is 16.1. The Bertz CT molecular complexity index is 1070. The summed E-state index contributed by atoms with van der Waals surface area (Å²) >= 11 is 0. The van der Waals surface area contributed by atoms with Crippen molar-refractivity contribution in [3.05, 3.63) is 47.1 Å². The molecular weight excluding hydrogens is 462 g/mol. The van der Waals surface area contributed by atoms with E-state index in [-0.39, 0.29) is 29.7 Å². The number of nitrogens with zero attached hydrogens (tertiary/aromatic N) is 2. The highest BCUT2D eigenvalue weighted by Gasteiger charge is 2.26. The predicted octanol–water partition coefficient (Wildman–Crippen LogP) is 2.76. The molecule has 1 saturated heterocycles. The Morgan fingerprint density at radius 3 is 2.65 bits per heavy atom. The molecule has 3 rings (SSSR count). The fraction of sp³-hybridized carbons (Fsp3) is 0.522. The Morgan fingerprint density at radius 2 is 2.00 bits per heavy atom. The fourth-order valence-corrected chi connectivity index (χ4v) is 5.39. The van der Waals surface area contributed by atoms with Gasteiger partial charge in [0.15, 0.2) is 11.6 Å². The van der Waals surface area contributed by atoms with Gasteiger partial charge in [-0.05, 0) is 37.0 Å². The van der Waals surface area contributed by atoms with Crippen molar-refractivity contribution in [2.24, 2.45) is 5.84 Å². The summed E-state index contributed by atoms with van der Waals surface area (Å²) in [6.07, 6.45) is 5.97. The first kappa shape index (κ1) is 26.3. The van der Waals surface area contributed by atoms with Gasteiger partial charge in [-0.2, -0.15) is 0 Å². The minimum absolute atomic E-state index is 0.161. The summed E-state index contributed by atoms with van der Waals surface area (Å²) in [6, 6.07) is 2.15. The van der Waals surface area contributed by atoms with E-state index in [9.17, 15) is 12.8 Å². The van der Waals surface area contributed by atoms with Crippen molar-refractivity contribution in [1.29, 1.82) is 5.41 Å². The number of nitrogens with one attached hydrogen (secondary N) is 3. The van der Waals surface area contributed by atoms with Gasteiger partial charge in [0.05, 0.1) is 23.7 Å². The average Bonchev–Trinajstić information content (AvgIpc) is 2.81. The summed E-state index contributed by atoms with van der Waals surface area (Å²) in [5.41, 5.74) is 1.10. The lowest BCUT2D eigenvalue weighted by molar-refractivity contribution is 0.200. The number of anilines is 2. The molecule has 1 aliphatic heterocycles. The lowest BCUT2D eigenvalue weighted by atomic mass is 9.90. The van der Waals surface area contributed by atoms with E-state index in [1.54, 1.807) is 6.92 Å². The number of hydrazine groups is 1. The van der Waals surface area contributed by atoms with Crippen LogP contribution in [0.15, 0.2) is 35.4 Å². The largest absolute Gasteiger partial charge is 0.314 e. The lowest BCUT2D eigenvalue weighted by Gasteiger charge is -2.36. The van der Waals surface area contributed by atoms with E-state index in [1.165, 1.54) is 0 Å². The molecule has 1 unspecified atom stereocenters. The van der Waals surface area contributed by atoms with Crippen LogP contribution < -0.4 is 20.9 Å². The minimum atomic E-state index is -3.77. The van der Waals surface area contributed by atoms with Gasteiger partial charge >= 0.3 is 0 Å². The molecule has 34 heavy (non-hydrogen) atoms. The Balaban J connectivity index is 1.77. The molecule has 0 bridgehead atoms. The normalized spacial score (nSPS) is 19.4. The molecule has 11 heteroatoms.